The van der Waals surface area contributed by atoms with Gasteiger partial charge in [-0.15, -0.1) is 0 Å². The smallest absolute Gasteiger partial charge is 0.253 e. The molecular weight excluding hydrogens is 280 g/mol. The molecule has 0 unspecified atom stereocenters. The van der Waals surface area contributed by atoms with Crippen molar-refractivity contribution in [2.75, 3.05) is 18.2 Å². The Kier molecular flexibility index (Phi) is 5.09. The van der Waals surface area contributed by atoms with Crippen molar-refractivity contribution < 1.29 is 13.2 Å². The van der Waals surface area contributed by atoms with E-state index in [-0.39, 0.29) is 12.5 Å². The minimum Gasteiger partial charge on any atom is -0.350 e. The lowest BCUT2D eigenvalue weighted by atomic mass is 10.1. The molecule has 0 radical (unpaired) electrons. The van der Waals surface area contributed by atoms with Gasteiger partial charge in [0.15, 0.2) is 0 Å². The molecule has 0 aliphatic rings. The Hall–Kier alpha value is -1.64. The molecule has 0 saturated carbocycles. The molecule has 7 nitrogen and oxygen atoms in total. The third-order valence-corrected chi connectivity index (χ3v) is 3.40. The summed E-state index contributed by atoms with van der Waals surface area (Å²) < 4.78 is 24.9. The van der Waals surface area contributed by atoms with Gasteiger partial charge in [0.2, 0.25) is 10.0 Å². The van der Waals surface area contributed by atoms with Gasteiger partial charge in [-0.1, -0.05) is 12.1 Å². The van der Waals surface area contributed by atoms with Crippen LogP contribution in [0, 0.1) is 0 Å². The van der Waals surface area contributed by atoms with E-state index in [0.717, 1.165) is 6.26 Å². The quantitative estimate of drug-likeness (QED) is 0.437. The lowest BCUT2D eigenvalue weighted by Crippen LogP contribution is -2.51. The number of para-hydroxylation sites is 1. The number of amides is 1. The second kappa shape index (κ2) is 6.21. The predicted octanol–water partition coefficient (Wildman–Crippen LogP) is 0.0298. The Bertz CT molecular complexity index is 584. The number of hydrogen-bond acceptors (Lipinski definition) is 5. The molecule has 0 aliphatic heterocycles. The molecule has 0 spiro atoms. The molecule has 112 valence electrons. The highest BCUT2D eigenvalue weighted by Gasteiger charge is 2.23. The van der Waals surface area contributed by atoms with Gasteiger partial charge in [0.05, 0.1) is 17.5 Å². The largest absolute Gasteiger partial charge is 0.350 e. The van der Waals surface area contributed by atoms with Crippen LogP contribution < -0.4 is 21.3 Å². The zero-order chi connectivity index (χ0) is 15.4. The minimum absolute atomic E-state index is 0.151. The van der Waals surface area contributed by atoms with Gasteiger partial charge >= 0.3 is 0 Å². The van der Waals surface area contributed by atoms with Crippen LogP contribution in [0.1, 0.15) is 24.2 Å². The molecule has 0 aliphatic carbocycles. The highest BCUT2D eigenvalue weighted by Crippen LogP contribution is 2.13. The van der Waals surface area contributed by atoms with Gasteiger partial charge < -0.3 is 10.7 Å². The molecule has 0 aromatic heterocycles. The summed E-state index contributed by atoms with van der Waals surface area (Å²) in [7, 11) is -3.34. The first-order valence-electron chi connectivity index (χ1n) is 5.97. The number of sulfonamides is 1. The van der Waals surface area contributed by atoms with E-state index >= 15 is 0 Å². The normalized spacial score (nSPS) is 12.0. The number of nitrogen functional groups attached to an aromatic ring is 1. The highest BCUT2D eigenvalue weighted by molar-refractivity contribution is 7.88. The van der Waals surface area contributed by atoms with Crippen molar-refractivity contribution >= 4 is 21.6 Å². The fourth-order valence-electron chi connectivity index (χ4n) is 1.74. The summed E-state index contributed by atoms with van der Waals surface area (Å²) in [6.07, 6.45) is 1.07. The second-order valence-corrected chi connectivity index (χ2v) is 6.88. The summed E-state index contributed by atoms with van der Waals surface area (Å²) in [6, 6.07) is 6.77. The van der Waals surface area contributed by atoms with E-state index in [1.54, 1.807) is 38.1 Å². The van der Waals surface area contributed by atoms with Gasteiger partial charge in [0.25, 0.3) is 5.91 Å². The van der Waals surface area contributed by atoms with E-state index in [4.69, 9.17) is 5.84 Å². The summed E-state index contributed by atoms with van der Waals surface area (Å²) in [5.74, 6) is 5.00. The first kappa shape index (κ1) is 16.4. The van der Waals surface area contributed by atoms with Crippen molar-refractivity contribution in [3.63, 3.8) is 0 Å². The molecule has 1 aromatic rings. The Morgan fingerprint density at radius 2 is 1.90 bits per heavy atom. The van der Waals surface area contributed by atoms with E-state index in [2.05, 4.69) is 15.5 Å². The third-order valence-electron chi connectivity index (χ3n) is 2.48. The summed E-state index contributed by atoms with van der Waals surface area (Å²) >= 11 is 0. The molecule has 0 bridgehead atoms. The fraction of sp³-hybridized carbons (Fsp3) is 0.417. The van der Waals surface area contributed by atoms with E-state index in [9.17, 15) is 13.2 Å². The van der Waals surface area contributed by atoms with Crippen LogP contribution >= 0.6 is 0 Å². The van der Waals surface area contributed by atoms with Crippen molar-refractivity contribution in [3.8, 4) is 0 Å². The minimum atomic E-state index is -3.34. The van der Waals surface area contributed by atoms with Crippen LogP contribution in [0.4, 0.5) is 5.69 Å². The number of benzene rings is 1. The van der Waals surface area contributed by atoms with Gasteiger partial charge in [-0.25, -0.2) is 13.1 Å². The average molecular weight is 300 g/mol. The van der Waals surface area contributed by atoms with Gasteiger partial charge in [0.1, 0.15) is 0 Å². The van der Waals surface area contributed by atoms with Crippen LogP contribution in [0.15, 0.2) is 24.3 Å². The molecule has 1 rings (SSSR count). The molecule has 0 fully saturated rings. The Morgan fingerprint density at radius 1 is 1.30 bits per heavy atom. The molecule has 0 saturated heterocycles. The topological polar surface area (TPSA) is 113 Å². The van der Waals surface area contributed by atoms with Crippen molar-refractivity contribution in [1.82, 2.24) is 10.0 Å². The maximum absolute atomic E-state index is 12.1. The van der Waals surface area contributed by atoms with E-state index in [1.807, 2.05) is 0 Å². The zero-order valence-electron chi connectivity index (χ0n) is 11.7. The van der Waals surface area contributed by atoms with E-state index in [0.29, 0.717) is 11.3 Å². The van der Waals surface area contributed by atoms with Crippen LogP contribution in [0.3, 0.4) is 0 Å². The van der Waals surface area contributed by atoms with Gasteiger partial charge in [-0.05, 0) is 26.0 Å². The first-order valence-corrected chi connectivity index (χ1v) is 7.86. The molecule has 0 heterocycles. The number of rotatable bonds is 6. The SMILES string of the molecule is CC(C)(CNC(=O)c1ccccc1NN)NS(C)(=O)=O. The highest BCUT2D eigenvalue weighted by atomic mass is 32.2. The van der Waals surface area contributed by atoms with Gasteiger partial charge in [-0.2, -0.15) is 0 Å². The number of carbonyl (C=O) groups is 1. The summed E-state index contributed by atoms with van der Waals surface area (Å²) in [5.41, 5.74) is 2.55. The number of carbonyl (C=O) groups excluding carboxylic acids is 1. The Labute approximate surface area is 119 Å². The van der Waals surface area contributed by atoms with E-state index in [1.165, 1.54) is 0 Å². The van der Waals surface area contributed by atoms with Crippen molar-refractivity contribution in [1.29, 1.82) is 0 Å². The summed E-state index contributed by atoms with van der Waals surface area (Å²) in [6.45, 7) is 3.51. The lowest BCUT2D eigenvalue weighted by molar-refractivity contribution is 0.0945. The molecule has 0 atom stereocenters. The Morgan fingerprint density at radius 3 is 2.45 bits per heavy atom. The number of nitrogens with one attached hydrogen (secondary N) is 3. The number of nitrogens with two attached hydrogens (primary N) is 1. The fourth-order valence-corrected chi connectivity index (χ4v) is 2.82. The van der Waals surface area contributed by atoms with Crippen molar-refractivity contribution in [2.45, 2.75) is 19.4 Å². The third kappa shape index (κ3) is 5.16. The maximum atomic E-state index is 12.1. The molecule has 1 aromatic carbocycles. The number of anilines is 1. The van der Waals surface area contributed by atoms with Crippen molar-refractivity contribution in [2.24, 2.45) is 5.84 Å². The van der Waals surface area contributed by atoms with Gasteiger partial charge in [-0.3, -0.25) is 10.6 Å². The van der Waals surface area contributed by atoms with Gasteiger partial charge in [0, 0.05) is 12.1 Å². The molecule has 5 N–H and O–H groups in total. The van der Waals surface area contributed by atoms with Crippen LogP contribution in [0.2, 0.25) is 0 Å². The lowest BCUT2D eigenvalue weighted by Gasteiger charge is -2.25. The molecule has 8 heteroatoms. The maximum Gasteiger partial charge on any atom is 0.253 e. The van der Waals surface area contributed by atoms with Crippen LogP contribution in [0.25, 0.3) is 0 Å². The second-order valence-electron chi connectivity index (χ2n) is 5.13. The van der Waals surface area contributed by atoms with E-state index < -0.39 is 15.6 Å². The molecule has 1 amide bonds. The number of hydrazine groups is 1. The molecule has 20 heavy (non-hydrogen) atoms. The van der Waals surface area contributed by atoms with Crippen LogP contribution in [0.5, 0.6) is 0 Å². The average Bonchev–Trinajstić information content (AvgIpc) is 2.33. The summed E-state index contributed by atoms with van der Waals surface area (Å²) in [5, 5.41) is 2.68. The van der Waals surface area contributed by atoms with Crippen LogP contribution in [-0.4, -0.2) is 32.7 Å². The zero-order valence-corrected chi connectivity index (χ0v) is 12.5. The number of hydrogen-bond donors (Lipinski definition) is 4. The Balaban J connectivity index is 2.72. The standard InChI is InChI=1S/C12H20N4O3S/c1-12(2,16-20(3,18)19)8-14-11(17)9-6-4-5-7-10(9)15-13/h4-7,15-16H,8,13H2,1-3H3,(H,14,17). The van der Waals surface area contributed by atoms with Crippen LogP contribution in [-0.2, 0) is 10.0 Å². The predicted molar refractivity (Wildman–Crippen MR) is 78.6 cm³/mol. The monoisotopic (exact) mass is 300 g/mol. The molecular formula is C12H20N4O3S. The first-order chi connectivity index (χ1) is 9.14. The van der Waals surface area contributed by atoms with Crippen molar-refractivity contribution in [3.05, 3.63) is 29.8 Å². The summed E-state index contributed by atoms with van der Waals surface area (Å²) in [4.78, 5) is 12.1.